The molecule has 100 valence electrons. The van der Waals surface area contributed by atoms with Gasteiger partial charge in [-0.3, -0.25) is 0 Å². The number of aromatic nitrogens is 1. The van der Waals surface area contributed by atoms with E-state index < -0.39 is 0 Å². The molecule has 0 aliphatic carbocycles. The summed E-state index contributed by atoms with van der Waals surface area (Å²) in [6.07, 6.45) is 0. The second kappa shape index (κ2) is 4.64. The van der Waals surface area contributed by atoms with Gasteiger partial charge in [0.05, 0.1) is 5.52 Å². The lowest BCUT2D eigenvalue weighted by atomic mass is 9.92. The molecule has 0 unspecified atom stereocenters. The molecule has 0 amide bonds. The van der Waals surface area contributed by atoms with Crippen LogP contribution in [0.25, 0.3) is 22.0 Å². The maximum Gasteiger partial charge on any atom is 0.124 e. The van der Waals surface area contributed by atoms with Gasteiger partial charge in [0.2, 0.25) is 0 Å². The highest BCUT2D eigenvalue weighted by Gasteiger charge is 2.11. The van der Waals surface area contributed by atoms with Crippen molar-refractivity contribution in [2.24, 2.45) is 0 Å². The predicted molar refractivity (Wildman–Crippen MR) is 85.8 cm³/mol. The molecule has 1 aromatic heterocycles. The van der Waals surface area contributed by atoms with Crippen LogP contribution >= 0.6 is 0 Å². The van der Waals surface area contributed by atoms with Crippen LogP contribution in [0.4, 0.5) is 5.82 Å². The molecule has 2 nitrogen and oxygen atoms in total. The van der Waals surface area contributed by atoms with Gasteiger partial charge in [0.1, 0.15) is 5.82 Å². The molecule has 0 saturated heterocycles. The molecule has 0 saturated carbocycles. The minimum atomic E-state index is 0.562. The fraction of sp³-hybridized carbons (Fsp3) is 0.167. The number of benzene rings is 2. The summed E-state index contributed by atoms with van der Waals surface area (Å²) < 4.78 is 0. The summed E-state index contributed by atoms with van der Waals surface area (Å²) in [7, 11) is 0. The summed E-state index contributed by atoms with van der Waals surface area (Å²) in [5.41, 5.74) is 13.1. The molecule has 0 spiro atoms. The lowest BCUT2D eigenvalue weighted by Crippen LogP contribution is -1.95. The van der Waals surface area contributed by atoms with Gasteiger partial charge in [0.15, 0.2) is 0 Å². The van der Waals surface area contributed by atoms with Crippen molar-refractivity contribution >= 4 is 16.7 Å². The fourth-order valence-corrected chi connectivity index (χ4v) is 2.97. The zero-order valence-corrected chi connectivity index (χ0v) is 12.1. The van der Waals surface area contributed by atoms with Crippen LogP contribution in [0.2, 0.25) is 0 Å². The Morgan fingerprint density at radius 1 is 0.900 bits per heavy atom. The van der Waals surface area contributed by atoms with E-state index in [9.17, 15) is 0 Å². The normalized spacial score (nSPS) is 10.9. The summed E-state index contributed by atoms with van der Waals surface area (Å²) in [5, 5.41) is 1.12. The summed E-state index contributed by atoms with van der Waals surface area (Å²) >= 11 is 0. The van der Waals surface area contributed by atoms with E-state index in [1.807, 2.05) is 12.1 Å². The smallest absolute Gasteiger partial charge is 0.124 e. The van der Waals surface area contributed by atoms with Gasteiger partial charge in [0.25, 0.3) is 0 Å². The lowest BCUT2D eigenvalue weighted by Gasteiger charge is -2.13. The third-order valence-electron chi connectivity index (χ3n) is 3.69. The molecule has 20 heavy (non-hydrogen) atoms. The largest absolute Gasteiger partial charge is 0.384 e. The molecule has 0 aliphatic heterocycles. The number of nitrogens with two attached hydrogens (primary N) is 1. The molecule has 2 N–H and O–H groups in total. The van der Waals surface area contributed by atoms with Crippen LogP contribution in [0.1, 0.15) is 16.7 Å². The van der Waals surface area contributed by atoms with Crippen molar-refractivity contribution in [2.75, 3.05) is 5.73 Å². The van der Waals surface area contributed by atoms with Crippen LogP contribution in [0.3, 0.4) is 0 Å². The topological polar surface area (TPSA) is 38.9 Å². The van der Waals surface area contributed by atoms with E-state index >= 15 is 0 Å². The van der Waals surface area contributed by atoms with Gasteiger partial charge in [-0.25, -0.2) is 4.98 Å². The number of pyridine rings is 1. The monoisotopic (exact) mass is 262 g/mol. The zero-order chi connectivity index (χ0) is 14.3. The van der Waals surface area contributed by atoms with Crippen molar-refractivity contribution in [1.82, 2.24) is 4.98 Å². The third kappa shape index (κ3) is 2.03. The van der Waals surface area contributed by atoms with E-state index in [0.29, 0.717) is 5.82 Å². The highest BCUT2D eigenvalue weighted by Crippen LogP contribution is 2.33. The van der Waals surface area contributed by atoms with Crippen molar-refractivity contribution in [2.45, 2.75) is 20.8 Å². The number of anilines is 1. The number of nitrogen functional groups attached to an aromatic ring is 1. The van der Waals surface area contributed by atoms with Crippen molar-refractivity contribution in [1.29, 1.82) is 0 Å². The van der Waals surface area contributed by atoms with E-state index in [-0.39, 0.29) is 0 Å². The number of hydrogen-bond donors (Lipinski definition) is 1. The minimum absolute atomic E-state index is 0.562. The third-order valence-corrected chi connectivity index (χ3v) is 3.69. The summed E-state index contributed by atoms with van der Waals surface area (Å²) in [4.78, 5) is 4.53. The van der Waals surface area contributed by atoms with E-state index in [4.69, 9.17) is 5.73 Å². The number of hydrogen-bond acceptors (Lipinski definition) is 2. The lowest BCUT2D eigenvalue weighted by molar-refractivity contribution is 1.32. The minimum Gasteiger partial charge on any atom is -0.384 e. The number of fused-ring (bicyclic) bond motifs is 1. The number of aryl methyl sites for hydroxylation is 3. The van der Waals surface area contributed by atoms with Gasteiger partial charge in [-0.2, -0.15) is 0 Å². The number of rotatable bonds is 1. The first-order valence-corrected chi connectivity index (χ1v) is 6.80. The highest BCUT2D eigenvalue weighted by atomic mass is 14.8. The Morgan fingerprint density at radius 3 is 2.30 bits per heavy atom. The molecule has 3 rings (SSSR count). The Labute approximate surface area is 119 Å². The maximum atomic E-state index is 5.86. The quantitative estimate of drug-likeness (QED) is 0.705. The van der Waals surface area contributed by atoms with Crippen molar-refractivity contribution in [3.63, 3.8) is 0 Å². The van der Waals surface area contributed by atoms with Gasteiger partial charge in [-0.05, 0) is 49.6 Å². The van der Waals surface area contributed by atoms with E-state index in [1.54, 1.807) is 0 Å². The molecule has 0 atom stereocenters. The van der Waals surface area contributed by atoms with Crippen LogP contribution in [-0.4, -0.2) is 4.98 Å². The Bertz CT molecular complexity index is 781. The first-order chi connectivity index (χ1) is 9.56. The summed E-state index contributed by atoms with van der Waals surface area (Å²) in [5.74, 6) is 0.562. The van der Waals surface area contributed by atoms with Gasteiger partial charge in [-0.15, -0.1) is 0 Å². The predicted octanol–water partition coefficient (Wildman–Crippen LogP) is 4.41. The van der Waals surface area contributed by atoms with Gasteiger partial charge in [0, 0.05) is 10.9 Å². The molecule has 0 fully saturated rings. The van der Waals surface area contributed by atoms with Gasteiger partial charge >= 0.3 is 0 Å². The zero-order valence-electron chi connectivity index (χ0n) is 12.1. The molecular formula is C18H18N2. The standard InChI is InChI=1S/C18H18N2/c1-11-9-12(2)17(13(3)10-11)15-6-4-5-14-7-8-16(19)20-18(14)15/h4-10H,1-3H3,(H2,19,20). The molecule has 0 aliphatic rings. The SMILES string of the molecule is Cc1cc(C)c(-c2cccc3ccc(N)nc23)c(C)c1. The second-order valence-corrected chi connectivity index (χ2v) is 5.39. The molecule has 0 bridgehead atoms. The molecule has 0 radical (unpaired) electrons. The summed E-state index contributed by atoms with van der Waals surface area (Å²) in [6, 6.07) is 14.6. The summed E-state index contributed by atoms with van der Waals surface area (Å²) in [6.45, 7) is 6.43. The first kappa shape index (κ1) is 12.7. The van der Waals surface area contributed by atoms with Crippen LogP contribution in [0.5, 0.6) is 0 Å². The van der Waals surface area contributed by atoms with E-state index in [0.717, 1.165) is 16.5 Å². The van der Waals surface area contributed by atoms with Crippen LogP contribution in [-0.2, 0) is 0 Å². The van der Waals surface area contributed by atoms with Crippen molar-refractivity contribution < 1.29 is 0 Å². The van der Waals surface area contributed by atoms with Crippen LogP contribution < -0.4 is 5.73 Å². The van der Waals surface area contributed by atoms with Crippen LogP contribution in [0, 0.1) is 20.8 Å². The van der Waals surface area contributed by atoms with Crippen molar-refractivity contribution in [3.8, 4) is 11.1 Å². The Hall–Kier alpha value is -2.35. The van der Waals surface area contributed by atoms with Gasteiger partial charge in [-0.1, -0.05) is 35.9 Å². The molecule has 2 heteroatoms. The average molecular weight is 262 g/mol. The van der Waals surface area contributed by atoms with Gasteiger partial charge < -0.3 is 5.73 Å². The number of nitrogens with zero attached hydrogens (tertiary/aromatic N) is 1. The fourth-order valence-electron chi connectivity index (χ4n) is 2.97. The number of para-hydroxylation sites is 1. The Morgan fingerprint density at radius 2 is 1.60 bits per heavy atom. The average Bonchev–Trinajstić information content (AvgIpc) is 2.38. The van der Waals surface area contributed by atoms with E-state index in [1.165, 1.54) is 22.3 Å². The van der Waals surface area contributed by atoms with Crippen LogP contribution in [0.15, 0.2) is 42.5 Å². The Balaban J connectivity index is 2.38. The van der Waals surface area contributed by atoms with Crippen molar-refractivity contribution in [3.05, 3.63) is 59.2 Å². The van der Waals surface area contributed by atoms with E-state index in [2.05, 4.69) is 56.1 Å². The molecule has 3 aromatic rings. The Kier molecular flexibility index (Phi) is 2.94. The molecule has 1 heterocycles. The second-order valence-electron chi connectivity index (χ2n) is 5.39. The highest BCUT2D eigenvalue weighted by molar-refractivity contribution is 5.96. The molecule has 2 aromatic carbocycles. The molecular weight excluding hydrogens is 244 g/mol. The maximum absolute atomic E-state index is 5.86. The first-order valence-electron chi connectivity index (χ1n) is 6.80.